The average molecular weight is 1760 g/mol. The molecule has 6 aliphatic rings. The Balaban J connectivity index is 0.000000185. The van der Waals surface area contributed by atoms with Crippen LogP contribution in [0.4, 0.5) is 4.79 Å². The van der Waals surface area contributed by atoms with E-state index < -0.39 is 5.79 Å². The van der Waals surface area contributed by atoms with E-state index in [-0.39, 0.29) is 59.6 Å². The van der Waals surface area contributed by atoms with Crippen LogP contribution in [0, 0.1) is 48.5 Å². The van der Waals surface area contributed by atoms with Crippen LogP contribution in [0.2, 0.25) is 0 Å². The van der Waals surface area contributed by atoms with Crippen molar-refractivity contribution >= 4 is 47.4 Å². The van der Waals surface area contributed by atoms with Gasteiger partial charge in [0.2, 0.25) is 0 Å². The van der Waals surface area contributed by atoms with Crippen LogP contribution in [0.15, 0.2) is 189 Å². The minimum Gasteiger partial charge on any atom is -0.450 e. The number of aryl methyl sites for hydroxylation is 7. The number of imidazole rings is 1. The molecule has 14 rings (SSSR count). The van der Waals surface area contributed by atoms with Gasteiger partial charge >= 0.3 is 6.09 Å². The van der Waals surface area contributed by atoms with Crippen molar-refractivity contribution in [1.82, 2.24) is 71.3 Å². The minimum atomic E-state index is -0.542. The summed E-state index contributed by atoms with van der Waals surface area (Å²) < 4.78 is 33.7. The van der Waals surface area contributed by atoms with E-state index in [4.69, 9.17) is 28.4 Å². The van der Waals surface area contributed by atoms with Gasteiger partial charge in [0.25, 0.3) is 41.4 Å². The van der Waals surface area contributed by atoms with Crippen LogP contribution in [0.3, 0.4) is 0 Å². The van der Waals surface area contributed by atoms with Crippen molar-refractivity contribution in [3.63, 3.8) is 0 Å². The molecule has 6 fully saturated rings. The number of ether oxygens (including phenoxy) is 6. The van der Waals surface area contributed by atoms with Crippen molar-refractivity contribution in [1.29, 1.82) is 0 Å². The second-order valence-electron chi connectivity index (χ2n) is 33.2. The Labute approximate surface area is 757 Å². The quantitative estimate of drug-likeness (QED) is 0.0248. The summed E-state index contributed by atoms with van der Waals surface area (Å²) in [6.07, 6.45) is 10.9. The Hall–Kier alpha value is -11.1. The highest BCUT2D eigenvalue weighted by molar-refractivity contribution is 5.97. The van der Waals surface area contributed by atoms with E-state index in [1.807, 2.05) is 232 Å². The predicted octanol–water partition coefficient (Wildman–Crippen LogP) is 11.6. The van der Waals surface area contributed by atoms with E-state index >= 15 is 0 Å². The molecule has 128 heavy (non-hydrogen) atoms. The second kappa shape index (κ2) is 56.3. The van der Waals surface area contributed by atoms with Gasteiger partial charge in [-0.05, 0) is 213 Å². The molecular weight excluding hydrogens is 1620 g/mol. The number of benzene rings is 7. The molecule has 6 aliphatic heterocycles. The third kappa shape index (κ3) is 39.3. The van der Waals surface area contributed by atoms with E-state index in [1.165, 1.54) is 36.1 Å². The number of piperidine rings is 1. The van der Waals surface area contributed by atoms with Crippen LogP contribution in [-0.4, -0.2) is 277 Å². The smallest absolute Gasteiger partial charge is 0.409 e. The number of carbonyl (C=O) groups is 8. The maximum Gasteiger partial charge on any atom is 0.409 e. The number of rotatable bonds is 26. The van der Waals surface area contributed by atoms with Gasteiger partial charge in [-0.3, -0.25) is 48.3 Å². The molecule has 6 saturated heterocycles. The zero-order chi connectivity index (χ0) is 91.8. The van der Waals surface area contributed by atoms with Crippen molar-refractivity contribution in [2.75, 3.05) is 171 Å². The number of hydrogen-bond donors (Lipinski definition) is 7. The highest BCUT2D eigenvalue weighted by Crippen LogP contribution is 2.23. The molecule has 7 N–H and O–H groups in total. The molecule has 2 atom stereocenters. The lowest BCUT2D eigenvalue weighted by molar-refractivity contribution is -0.137. The van der Waals surface area contributed by atoms with E-state index in [9.17, 15) is 38.4 Å². The molecule has 28 nitrogen and oxygen atoms in total. The Morgan fingerprint density at radius 2 is 0.836 bits per heavy atom. The van der Waals surface area contributed by atoms with Crippen LogP contribution in [0.25, 0.3) is 0 Å². The summed E-state index contributed by atoms with van der Waals surface area (Å²) in [5, 5.41) is 20.5. The Morgan fingerprint density at radius 3 is 1.23 bits per heavy atom. The van der Waals surface area contributed by atoms with Crippen LogP contribution < -0.4 is 37.2 Å². The minimum absolute atomic E-state index is 0.00302. The fraction of sp³-hybridized carbons (Fsp3) is 0.470. The Morgan fingerprint density at radius 1 is 0.438 bits per heavy atom. The molecule has 8 amide bonds. The number of carbonyl (C=O) groups excluding carboxylic acids is 8. The molecule has 28 heteroatoms. The molecular formula is C100H138N14O14. The first-order valence-electron chi connectivity index (χ1n) is 45.0. The SMILES string of the molecule is CCOC(=O)N1CCC(NC(=O)c2ccc(C)cc2)CC1.Cc1ccc(C(=O)NCC2COC(C)(C)O2)cc1.Cc1ccc(C(=O)NCCC2CCCN2C)cc1.Cc1ccc(C(=O)NCCCN2CCOCC2)cc1.Cc1ccc(C(=O)NCCN2CCOCC2)cc1.Cc1ccc(C(=O)NCn2ccnc2)cc1.Cc1cccc(C(=O)NCCN2CCOCC2)c1. The van der Waals surface area contributed by atoms with E-state index in [0.29, 0.717) is 75.3 Å². The van der Waals surface area contributed by atoms with Gasteiger partial charge in [0.15, 0.2) is 5.79 Å². The third-order valence-corrected chi connectivity index (χ3v) is 22.2. The van der Waals surface area contributed by atoms with Gasteiger partial charge in [0.1, 0.15) is 6.10 Å². The number of nitrogens with one attached hydrogen (secondary N) is 7. The molecule has 8 aromatic rings. The fourth-order valence-corrected chi connectivity index (χ4v) is 14.3. The second-order valence-corrected chi connectivity index (χ2v) is 33.2. The Kier molecular flexibility index (Phi) is 45.0. The lowest BCUT2D eigenvalue weighted by Crippen LogP contribution is -2.46. The monoisotopic (exact) mass is 1760 g/mol. The van der Waals surface area contributed by atoms with Gasteiger partial charge in [-0.25, -0.2) is 9.78 Å². The molecule has 0 spiro atoms. The summed E-state index contributed by atoms with van der Waals surface area (Å²) in [7, 11) is 2.17. The summed E-state index contributed by atoms with van der Waals surface area (Å²) in [6, 6.07) is 53.9. The number of nitrogens with zero attached hydrogens (tertiary/aromatic N) is 7. The molecule has 692 valence electrons. The number of aromatic nitrogens is 2. The highest BCUT2D eigenvalue weighted by Gasteiger charge is 2.33. The number of hydrogen-bond acceptors (Lipinski definition) is 19. The largest absolute Gasteiger partial charge is 0.450 e. The summed E-state index contributed by atoms with van der Waals surface area (Å²) in [5.41, 5.74) is 13.0. The first-order valence-corrected chi connectivity index (χ1v) is 45.0. The molecule has 0 saturated carbocycles. The van der Waals surface area contributed by atoms with Gasteiger partial charge in [-0.2, -0.15) is 0 Å². The fourth-order valence-electron chi connectivity index (χ4n) is 14.3. The van der Waals surface area contributed by atoms with Crippen molar-refractivity contribution in [2.45, 2.75) is 138 Å². The average Bonchev–Trinajstić information content (AvgIpc) is 1.83. The van der Waals surface area contributed by atoms with E-state index in [2.05, 4.69) is 68.8 Å². The molecule has 7 heterocycles. The van der Waals surface area contributed by atoms with Crippen molar-refractivity contribution in [2.24, 2.45) is 0 Å². The highest BCUT2D eigenvalue weighted by atomic mass is 16.7. The standard InChI is InChI=1S/C16H22N2O3.C15H22N2O2.C15H22N2O.2C14H20N2O2.C14H19NO3.C12H13N3O/c1-3-21-16(20)18-10-8-14(9-11-18)17-15(19)13-6-4-12(2)5-7-13;1-13-3-5-14(6-4-13)15(18)16-7-2-8-17-9-11-19-12-10-17;1-12-5-7-13(8-6-12)15(18)16-10-9-14-4-3-11-17(14)2;1-12-2-4-13(5-3-12)14(17)15-6-7-16-8-10-18-11-9-16;1-12-3-2-4-13(11-12)14(17)15-5-6-16-7-9-18-10-8-16;1-10-4-6-11(7-5-10)13(16)15-8-12-9-17-14(2,3)18-12;1-10-2-4-11(5-3-10)12(16)14-9-15-7-6-13-8-15/h4-7,14H,3,8-11H2,1-2H3,(H,17,19);3-6H,2,7-12H2,1H3,(H,16,18);5-8,14H,3-4,9-11H2,1-2H3,(H,16,18);2-5H,6-11H2,1H3,(H,15,17);2-4,11H,5-10H2,1H3,(H,15,17);4-7,12H,8-9H2,1-3H3,(H,15,16);2-8H,9H2,1H3,(H,14,16). The number of likely N-dealkylation sites (tertiary alicyclic amines) is 2. The van der Waals surface area contributed by atoms with Gasteiger partial charge < -0.3 is 80.0 Å². The normalized spacial score (nSPS) is 16.8. The Bertz CT molecular complexity index is 4590. The topological polar surface area (TPSA) is 310 Å². The van der Waals surface area contributed by atoms with Gasteiger partial charge in [-0.15, -0.1) is 0 Å². The van der Waals surface area contributed by atoms with Crippen molar-refractivity contribution < 1.29 is 66.8 Å². The van der Waals surface area contributed by atoms with Gasteiger partial charge in [-0.1, -0.05) is 124 Å². The van der Waals surface area contributed by atoms with Gasteiger partial charge in [0.05, 0.1) is 65.9 Å². The van der Waals surface area contributed by atoms with Crippen molar-refractivity contribution in [3.8, 4) is 0 Å². The van der Waals surface area contributed by atoms with Crippen LogP contribution >= 0.6 is 0 Å². The molecule has 1 aromatic heterocycles. The summed E-state index contributed by atoms with van der Waals surface area (Å²) in [4.78, 5) is 110. The van der Waals surface area contributed by atoms with Crippen LogP contribution in [0.5, 0.6) is 0 Å². The predicted molar refractivity (Wildman–Crippen MR) is 500 cm³/mol. The summed E-state index contributed by atoms with van der Waals surface area (Å²) >= 11 is 0. The van der Waals surface area contributed by atoms with Crippen molar-refractivity contribution in [3.05, 3.63) is 266 Å². The van der Waals surface area contributed by atoms with Crippen LogP contribution in [0.1, 0.15) is 171 Å². The first kappa shape index (κ1) is 102. The van der Waals surface area contributed by atoms with E-state index in [0.717, 1.165) is 182 Å². The molecule has 0 radical (unpaired) electrons. The third-order valence-electron chi connectivity index (χ3n) is 22.2. The maximum atomic E-state index is 12.1. The molecule has 7 aromatic carbocycles. The maximum absolute atomic E-state index is 12.1. The van der Waals surface area contributed by atoms with E-state index in [1.54, 1.807) is 35.1 Å². The number of amides is 8. The van der Waals surface area contributed by atoms with Crippen LogP contribution in [-0.2, 0) is 35.1 Å². The zero-order valence-electron chi connectivity index (χ0n) is 77.1. The summed E-state index contributed by atoms with van der Waals surface area (Å²) in [6.45, 7) is 40.2. The molecule has 0 bridgehead atoms. The summed E-state index contributed by atoms with van der Waals surface area (Å²) in [5.74, 6) is -0.686. The molecule has 2 unspecified atom stereocenters. The number of morpholine rings is 3. The lowest BCUT2D eigenvalue weighted by atomic mass is 10.0. The van der Waals surface area contributed by atoms with Gasteiger partial charge in [0, 0.05) is 162 Å². The lowest BCUT2D eigenvalue weighted by Gasteiger charge is -2.31. The molecule has 0 aliphatic carbocycles. The zero-order valence-corrected chi connectivity index (χ0v) is 77.1. The first-order chi connectivity index (χ1) is 61.7.